The van der Waals surface area contributed by atoms with Gasteiger partial charge in [0.15, 0.2) is 0 Å². The summed E-state index contributed by atoms with van der Waals surface area (Å²) in [7, 11) is 0. The molecule has 0 atom stereocenters. The molecule has 0 saturated heterocycles. The summed E-state index contributed by atoms with van der Waals surface area (Å²) in [6.07, 6.45) is 0.540. The van der Waals surface area contributed by atoms with Gasteiger partial charge in [0.25, 0.3) is 0 Å². The summed E-state index contributed by atoms with van der Waals surface area (Å²) >= 11 is 0. The first kappa shape index (κ1) is 10.2. The fourth-order valence-corrected chi connectivity index (χ4v) is 1.00. The summed E-state index contributed by atoms with van der Waals surface area (Å²) < 4.78 is 17.0. The molecule has 0 aliphatic rings. The van der Waals surface area contributed by atoms with E-state index in [4.69, 9.17) is 4.42 Å². The van der Waals surface area contributed by atoms with E-state index in [1.807, 2.05) is 13.8 Å². The average Bonchev–Trinajstić information content (AvgIpc) is 2.41. The van der Waals surface area contributed by atoms with E-state index in [0.29, 0.717) is 25.4 Å². The zero-order chi connectivity index (χ0) is 9.68. The highest BCUT2D eigenvalue weighted by Crippen LogP contribution is 2.07. The van der Waals surface area contributed by atoms with Crippen LogP contribution >= 0.6 is 0 Å². The van der Waals surface area contributed by atoms with E-state index in [0.717, 1.165) is 11.5 Å². The Morgan fingerprint density at radius 3 is 2.77 bits per heavy atom. The molecule has 0 spiro atoms. The SMILES string of the molecule is Cc1nc(CNCCCF)oc1C. The molecule has 0 aliphatic heterocycles. The number of hydrogen-bond donors (Lipinski definition) is 1. The molecule has 0 fully saturated rings. The topological polar surface area (TPSA) is 38.1 Å². The maximum Gasteiger partial charge on any atom is 0.208 e. The molecule has 0 saturated carbocycles. The third kappa shape index (κ3) is 3.14. The third-order valence-corrected chi connectivity index (χ3v) is 1.84. The molecule has 0 aliphatic carbocycles. The molecule has 1 heterocycles. The van der Waals surface area contributed by atoms with E-state index >= 15 is 0 Å². The minimum Gasteiger partial charge on any atom is -0.444 e. The fraction of sp³-hybridized carbons (Fsp3) is 0.667. The average molecular weight is 186 g/mol. The number of aromatic nitrogens is 1. The van der Waals surface area contributed by atoms with Crippen molar-refractivity contribution in [3.63, 3.8) is 0 Å². The van der Waals surface area contributed by atoms with Gasteiger partial charge in [0.05, 0.1) is 18.9 Å². The molecule has 0 unspecified atom stereocenters. The molecule has 0 amide bonds. The van der Waals surface area contributed by atoms with Gasteiger partial charge in [0.1, 0.15) is 5.76 Å². The predicted molar refractivity (Wildman–Crippen MR) is 48.3 cm³/mol. The van der Waals surface area contributed by atoms with Gasteiger partial charge < -0.3 is 9.73 Å². The summed E-state index contributed by atoms with van der Waals surface area (Å²) in [5.74, 6) is 1.52. The molecule has 0 radical (unpaired) electrons. The summed E-state index contributed by atoms with van der Waals surface area (Å²) in [5.41, 5.74) is 0.919. The third-order valence-electron chi connectivity index (χ3n) is 1.84. The number of halogens is 1. The highest BCUT2D eigenvalue weighted by molar-refractivity contribution is 5.04. The Balaban J connectivity index is 2.29. The Morgan fingerprint density at radius 1 is 1.46 bits per heavy atom. The molecular formula is C9H15FN2O. The molecule has 13 heavy (non-hydrogen) atoms. The van der Waals surface area contributed by atoms with Gasteiger partial charge in [-0.3, -0.25) is 4.39 Å². The molecule has 4 heteroatoms. The highest BCUT2D eigenvalue weighted by Gasteiger charge is 2.03. The monoisotopic (exact) mass is 186 g/mol. The van der Waals surface area contributed by atoms with Crippen LogP contribution in [0.5, 0.6) is 0 Å². The van der Waals surface area contributed by atoms with Crippen LogP contribution in [0.2, 0.25) is 0 Å². The molecule has 1 N–H and O–H groups in total. The molecule has 1 aromatic heterocycles. The zero-order valence-electron chi connectivity index (χ0n) is 8.06. The van der Waals surface area contributed by atoms with Crippen LogP contribution in [0.15, 0.2) is 4.42 Å². The molecule has 0 bridgehead atoms. The van der Waals surface area contributed by atoms with Crippen molar-refractivity contribution in [2.75, 3.05) is 13.2 Å². The first-order chi connectivity index (χ1) is 6.24. The Hall–Kier alpha value is -0.900. The quantitative estimate of drug-likeness (QED) is 0.712. The van der Waals surface area contributed by atoms with Crippen molar-refractivity contribution in [1.29, 1.82) is 0 Å². The van der Waals surface area contributed by atoms with Gasteiger partial charge in [0.2, 0.25) is 5.89 Å². The van der Waals surface area contributed by atoms with Crippen LogP contribution in [0.25, 0.3) is 0 Å². The second-order valence-corrected chi connectivity index (χ2v) is 2.97. The lowest BCUT2D eigenvalue weighted by Gasteiger charge is -1.97. The normalized spacial score (nSPS) is 10.7. The standard InChI is InChI=1S/C9H15FN2O/c1-7-8(2)13-9(12-7)6-11-5-3-4-10/h11H,3-6H2,1-2H3. The van der Waals surface area contributed by atoms with E-state index < -0.39 is 0 Å². The van der Waals surface area contributed by atoms with Crippen LogP contribution in [0.4, 0.5) is 4.39 Å². The molecule has 74 valence electrons. The first-order valence-corrected chi connectivity index (χ1v) is 4.43. The van der Waals surface area contributed by atoms with Crippen molar-refractivity contribution < 1.29 is 8.81 Å². The van der Waals surface area contributed by atoms with Crippen LogP contribution in [0.3, 0.4) is 0 Å². The van der Waals surface area contributed by atoms with Crippen molar-refractivity contribution in [3.8, 4) is 0 Å². The lowest BCUT2D eigenvalue weighted by atomic mass is 10.4. The lowest BCUT2D eigenvalue weighted by molar-refractivity contribution is 0.427. The van der Waals surface area contributed by atoms with Crippen molar-refractivity contribution in [2.24, 2.45) is 0 Å². The second kappa shape index (κ2) is 4.97. The van der Waals surface area contributed by atoms with Crippen LogP contribution in [0, 0.1) is 13.8 Å². The van der Waals surface area contributed by atoms with E-state index in [-0.39, 0.29) is 6.67 Å². The molecule has 1 rings (SSSR count). The van der Waals surface area contributed by atoms with Gasteiger partial charge in [0, 0.05) is 0 Å². The Labute approximate surface area is 77.4 Å². The second-order valence-electron chi connectivity index (χ2n) is 2.97. The van der Waals surface area contributed by atoms with E-state index in [1.165, 1.54) is 0 Å². The Kier molecular flexibility index (Phi) is 3.89. The predicted octanol–water partition coefficient (Wildman–Crippen LogP) is 1.74. The Bertz CT molecular complexity index is 241. The minimum atomic E-state index is -0.281. The number of aryl methyl sites for hydroxylation is 2. The van der Waals surface area contributed by atoms with Crippen molar-refractivity contribution in [1.82, 2.24) is 10.3 Å². The lowest BCUT2D eigenvalue weighted by Crippen LogP contribution is -2.15. The van der Waals surface area contributed by atoms with E-state index in [2.05, 4.69) is 10.3 Å². The van der Waals surface area contributed by atoms with Gasteiger partial charge in [-0.2, -0.15) is 0 Å². The number of alkyl halides is 1. The smallest absolute Gasteiger partial charge is 0.208 e. The van der Waals surface area contributed by atoms with Crippen LogP contribution in [-0.2, 0) is 6.54 Å². The van der Waals surface area contributed by atoms with Crippen LogP contribution in [-0.4, -0.2) is 18.2 Å². The van der Waals surface area contributed by atoms with Gasteiger partial charge in [-0.1, -0.05) is 0 Å². The molecule has 1 aromatic rings. The first-order valence-electron chi connectivity index (χ1n) is 4.43. The summed E-state index contributed by atoms with van der Waals surface area (Å²) in [6.45, 7) is 4.75. The van der Waals surface area contributed by atoms with Crippen LogP contribution in [0.1, 0.15) is 23.8 Å². The molecule has 3 nitrogen and oxygen atoms in total. The van der Waals surface area contributed by atoms with Crippen molar-refractivity contribution >= 4 is 0 Å². The van der Waals surface area contributed by atoms with Crippen molar-refractivity contribution in [3.05, 3.63) is 17.3 Å². The number of hydrogen-bond acceptors (Lipinski definition) is 3. The molecular weight excluding hydrogens is 171 g/mol. The van der Waals surface area contributed by atoms with Crippen molar-refractivity contribution in [2.45, 2.75) is 26.8 Å². The summed E-state index contributed by atoms with van der Waals surface area (Å²) in [5, 5.41) is 3.05. The number of nitrogens with zero attached hydrogens (tertiary/aromatic N) is 1. The van der Waals surface area contributed by atoms with Gasteiger partial charge in [-0.25, -0.2) is 4.98 Å². The van der Waals surface area contributed by atoms with Crippen LogP contribution < -0.4 is 5.32 Å². The van der Waals surface area contributed by atoms with E-state index in [1.54, 1.807) is 0 Å². The summed E-state index contributed by atoms with van der Waals surface area (Å²) in [4.78, 5) is 4.18. The minimum absolute atomic E-state index is 0.281. The van der Waals surface area contributed by atoms with Gasteiger partial charge >= 0.3 is 0 Å². The number of nitrogens with one attached hydrogen (secondary N) is 1. The fourth-order valence-electron chi connectivity index (χ4n) is 1.00. The maximum absolute atomic E-state index is 11.7. The molecule has 0 aromatic carbocycles. The Morgan fingerprint density at radius 2 is 2.23 bits per heavy atom. The largest absolute Gasteiger partial charge is 0.444 e. The number of rotatable bonds is 5. The van der Waals surface area contributed by atoms with Gasteiger partial charge in [-0.05, 0) is 26.8 Å². The van der Waals surface area contributed by atoms with Gasteiger partial charge in [-0.15, -0.1) is 0 Å². The zero-order valence-corrected chi connectivity index (χ0v) is 8.06. The highest BCUT2D eigenvalue weighted by atomic mass is 19.1. The van der Waals surface area contributed by atoms with E-state index in [9.17, 15) is 4.39 Å². The number of oxazole rings is 1. The summed E-state index contributed by atoms with van der Waals surface area (Å²) in [6, 6.07) is 0. The maximum atomic E-state index is 11.7.